The van der Waals surface area contributed by atoms with Crippen LogP contribution in [-0.4, -0.2) is 9.78 Å². The van der Waals surface area contributed by atoms with Gasteiger partial charge in [-0.1, -0.05) is 25.1 Å². The number of hydrogen-bond donors (Lipinski definition) is 1. The SMILES string of the molecule is CCc1ccc(-c2nn(-c3ccccc3C)cc2N)s1. The molecule has 0 unspecified atom stereocenters. The van der Waals surface area contributed by atoms with Crippen molar-refractivity contribution < 1.29 is 0 Å². The third kappa shape index (κ3) is 2.23. The van der Waals surface area contributed by atoms with Crippen molar-refractivity contribution in [2.24, 2.45) is 0 Å². The lowest BCUT2D eigenvalue weighted by Crippen LogP contribution is -1.97. The molecule has 0 spiro atoms. The van der Waals surface area contributed by atoms with Gasteiger partial charge in [-0.15, -0.1) is 11.3 Å². The zero-order chi connectivity index (χ0) is 14.1. The van der Waals surface area contributed by atoms with Gasteiger partial charge in [-0.25, -0.2) is 4.68 Å². The highest BCUT2D eigenvalue weighted by atomic mass is 32.1. The molecule has 2 aromatic heterocycles. The smallest absolute Gasteiger partial charge is 0.126 e. The quantitative estimate of drug-likeness (QED) is 0.788. The molecule has 3 rings (SSSR count). The molecule has 0 bridgehead atoms. The number of nitrogen functional groups attached to an aromatic ring is 1. The second kappa shape index (κ2) is 5.13. The zero-order valence-corrected chi connectivity index (χ0v) is 12.4. The summed E-state index contributed by atoms with van der Waals surface area (Å²) in [4.78, 5) is 2.48. The van der Waals surface area contributed by atoms with Crippen LogP contribution in [0.5, 0.6) is 0 Å². The number of nitrogens with two attached hydrogens (primary N) is 1. The van der Waals surface area contributed by atoms with Crippen LogP contribution in [0.15, 0.2) is 42.6 Å². The zero-order valence-electron chi connectivity index (χ0n) is 11.6. The molecule has 3 aromatic rings. The van der Waals surface area contributed by atoms with Crippen molar-refractivity contribution >= 4 is 17.0 Å². The molecule has 102 valence electrons. The normalized spacial score (nSPS) is 10.9. The number of para-hydroxylation sites is 1. The summed E-state index contributed by atoms with van der Waals surface area (Å²) in [5, 5.41) is 4.66. The van der Waals surface area contributed by atoms with Gasteiger partial charge in [-0.3, -0.25) is 0 Å². The number of aromatic nitrogens is 2. The van der Waals surface area contributed by atoms with Crippen LogP contribution in [0.1, 0.15) is 17.4 Å². The molecule has 1 aromatic carbocycles. The van der Waals surface area contributed by atoms with Crippen LogP contribution in [0.2, 0.25) is 0 Å². The molecule has 0 fully saturated rings. The van der Waals surface area contributed by atoms with E-state index < -0.39 is 0 Å². The Morgan fingerprint density at radius 1 is 1.20 bits per heavy atom. The van der Waals surface area contributed by atoms with Crippen molar-refractivity contribution in [3.8, 4) is 16.3 Å². The van der Waals surface area contributed by atoms with E-state index in [1.807, 2.05) is 23.0 Å². The van der Waals surface area contributed by atoms with Crippen LogP contribution in [0, 0.1) is 6.92 Å². The van der Waals surface area contributed by atoms with Gasteiger partial charge in [0.2, 0.25) is 0 Å². The van der Waals surface area contributed by atoms with E-state index in [0.29, 0.717) is 0 Å². The molecule has 0 amide bonds. The number of hydrogen-bond acceptors (Lipinski definition) is 3. The van der Waals surface area contributed by atoms with Gasteiger partial charge < -0.3 is 5.73 Å². The van der Waals surface area contributed by atoms with E-state index in [1.165, 1.54) is 10.4 Å². The fraction of sp³-hybridized carbons (Fsp3) is 0.188. The largest absolute Gasteiger partial charge is 0.396 e. The number of nitrogens with zero attached hydrogens (tertiary/aromatic N) is 2. The molecule has 0 saturated heterocycles. The maximum Gasteiger partial charge on any atom is 0.126 e. The first-order chi connectivity index (χ1) is 9.69. The minimum atomic E-state index is 0.720. The molecular formula is C16H17N3S. The van der Waals surface area contributed by atoms with Crippen molar-refractivity contribution in [3.05, 3.63) is 53.0 Å². The second-order valence-electron chi connectivity index (χ2n) is 4.78. The van der Waals surface area contributed by atoms with Gasteiger partial charge in [0.25, 0.3) is 0 Å². The lowest BCUT2D eigenvalue weighted by molar-refractivity contribution is 0.877. The summed E-state index contributed by atoms with van der Waals surface area (Å²) in [6.45, 7) is 4.23. The Morgan fingerprint density at radius 3 is 2.70 bits per heavy atom. The highest BCUT2D eigenvalue weighted by Crippen LogP contribution is 2.32. The van der Waals surface area contributed by atoms with Gasteiger partial charge in [0, 0.05) is 4.88 Å². The molecular weight excluding hydrogens is 266 g/mol. The van der Waals surface area contributed by atoms with Crippen LogP contribution in [0.4, 0.5) is 5.69 Å². The highest BCUT2D eigenvalue weighted by molar-refractivity contribution is 7.15. The van der Waals surface area contributed by atoms with Crippen LogP contribution >= 0.6 is 11.3 Å². The first-order valence-electron chi connectivity index (χ1n) is 6.69. The summed E-state index contributed by atoms with van der Waals surface area (Å²) in [5.74, 6) is 0. The van der Waals surface area contributed by atoms with Gasteiger partial charge in [0.05, 0.1) is 22.4 Å². The van der Waals surface area contributed by atoms with E-state index in [9.17, 15) is 0 Å². The molecule has 0 aliphatic carbocycles. The summed E-state index contributed by atoms with van der Waals surface area (Å²) in [6.07, 6.45) is 2.94. The molecule has 0 saturated carbocycles. The van der Waals surface area contributed by atoms with Crippen LogP contribution < -0.4 is 5.73 Å². The molecule has 2 heterocycles. The highest BCUT2D eigenvalue weighted by Gasteiger charge is 2.12. The van der Waals surface area contributed by atoms with Crippen LogP contribution in [0.25, 0.3) is 16.3 Å². The number of rotatable bonds is 3. The minimum absolute atomic E-state index is 0.720. The first kappa shape index (κ1) is 12.9. The van der Waals surface area contributed by atoms with Crippen LogP contribution in [-0.2, 0) is 6.42 Å². The second-order valence-corrected chi connectivity index (χ2v) is 5.95. The molecule has 0 atom stereocenters. The maximum atomic E-state index is 6.13. The van der Waals surface area contributed by atoms with E-state index in [-0.39, 0.29) is 0 Å². The minimum Gasteiger partial charge on any atom is -0.396 e. The lowest BCUT2D eigenvalue weighted by Gasteiger charge is -2.04. The van der Waals surface area contributed by atoms with E-state index in [1.54, 1.807) is 11.3 Å². The summed E-state index contributed by atoms with van der Waals surface area (Å²) in [7, 11) is 0. The number of thiophene rings is 1. The molecule has 0 aliphatic rings. The van der Waals surface area contributed by atoms with Crippen molar-refractivity contribution in [3.63, 3.8) is 0 Å². The molecule has 0 aliphatic heterocycles. The van der Waals surface area contributed by atoms with E-state index in [2.05, 4.69) is 43.2 Å². The molecule has 0 radical (unpaired) electrons. The Kier molecular flexibility index (Phi) is 3.32. The van der Waals surface area contributed by atoms with E-state index >= 15 is 0 Å². The van der Waals surface area contributed by atoms with E-state index in [0.717, 1.165) is 28.4 Å². The predicted molar refractivity (Wildman–Crippen MR) is 85.4 cm³/mol. The van der Waals surface area contributed by atoms with Gasteiger partial charge in [0.15, 0.2) is 0 Å². The fourth-order valence-electron chi connectivity index (χ4n) is 2.22. The number of aryl methyl sites for hydroxylation is 2. The van der Waals surface area contributed by atoms with Crippen molar-refractivity contribution in [1.29, 1.82) is 0 Å². The first-order valence-corrected chi connectivity index (χ1v) is 7.51. The standard InChI is InChI=1S/C16H17N3S/c1-3-12-8-9-15(20-12)16-13(17)10-19(18-16)14-7-5-4-6-11(14)2/h4-10H,3,17H2,1-2H3. The summed E-state index contributed by atoms with van der Waals surface area (Å²) in [6, 6.07) is 12.4. The van der Waals surface area contributed by atoms with Crippen molar-refractivity contribution in [2.45, 2.75) is 20.3 Å². The third-order valence-electron chi connectivity index (χ3n) is 3.35. The fourth-order valence-corrected chi connectivity index (χ4v) is 3.17. The summed E-state index contributed by atoms with van der Waals surface area (Å²) in [5.41, 5.74) is 9.98. The average Bonchev–Trinajstić information content (AvgIpc) is 3.05. The molecule has 20 heavy (non-hydrogen) atoms. The van der Waals surface area contributed by atoms with Crippen molar-refractivity contribution in [1.82, 2.24) is 9.78 Å². The number of anilines is 1. The van der Waals surface area contributed by atoms with Gasteiger partial charge in [-0.2, -0.15) is 5.10 Å². The molecule has 2 N–H and O–H groups in total. The Bertz CT molecular complexity index is 740. The molecule has 4 heteroatoms. The predicted octanol–water partition coefficient (Wildman–Crippen LogP) is 4.05. The Hall–Kier alpha value is -2.07. The lowest BCUT2D eigenvalue weighted by atomic mass is 10.2. The maximum absolute atomic E-state index is 6.13. The van der Waals surface area contributed by atoms with E-state index in [4.69, 9.17) is 5.73 Å². The molecule has 3 nitrogen and oxygen atoms in total. The van der Waals surface area contributed by atoms with Crippen LogP contribution in [0.3, 0.4) is 0 Å². The summed E-state index contributed by atoms with van der Waals surface area (Å²) >= 11 is 1.76. The average molecular weight is 283 g/mol. The Labute approximate surface area is 122 Å². The Morgan fingerprint density at radius 2 is 2.00 bits per heavy atom. The topological polar surface area (TPSA) is 43.8 Å². The third-order valence-corrected chi connectivity index (χ3v) is 4.58. The summed E-state index contributed by atoms with van der Waals surface area (Å²) < 4.78 is 1.87. The van der Waals surface area contributed by atoms with Gasteiger partial charge in [0.1, 0.15) is 5.69 Å². The van der Waals surface area contributed by atoms with Gasteiger partial charge >= 0.3 is 0 Å². The monoisotopic (exact) mass is 283 g/mol. The Balaban J connectivity index is 2.05. The number of benzene rings is 1. The van der Waals surface area contributed by atoms with Crippen molar-refractivity contribution in [2.75, 3.05) is 5.73 Å². The van der Waals surface area contributed by atoms with Gasteiger partial charge in [-0.05, 0) is 37.1 Å².